The van der Waals surface area contributed by atoms with Crippen LogP contribution in [-0.2, 0) is 6.54 Å². The Balaban J connectivity index is 1.25. The summed E-state index contributed by atoms with van der Waals surface area (Å²) in [4.78, 5) is 23.0. The van der Waals surface area contributed by atoms with E-state index < -0.39 is 0 Å². The number of amides is 1. The van der Waals surface area contributed by atoms with Crippen molar-refractivity contribution < 1.29 is 9.32 Å². The fraction of sp³-hybridized carbons (Fsp3) is 0.333. The van der Waals surface area contributed by atoms with E-state index in [9.17, 15) is 4.79 Å². The van der Waals surface area contributed by atoms with Crippen molar-refractivity contribution in [1.82, 2.24) is 29.7 Å². The van der Waals surface area contributed by atoms with Crippen LogP contribution in [0.2, 0.25) is 5.02 Å². The minimum Gasteiger partial charge on any atom is -0.338 e. The Hall–Kier alpha value is -3.01. The van der Waals surface area contributed by atoms with Gasteiger partial charge in [0.2, 0.25) is 11.7 Å². The smallest absolute Gasteiger partial charge is 0.257 e. The lowest BCUT2D eigenvalue weighted by Gasteiger charge is -2.34. The number of halogens is 1. The van der Waals surface area contributed by atoms with Gasteiger partial charge >= 0.3 is 0 Å². The van der Waals surface area contributed by atoms with Gasteiger partial charge < -0.3 is 9.42 Å². The zero-order valence-corrected chi connectivity index (χ0v) is 20.6. The molecule has 0 aliphatic carbocycles. The molecule has 5 rings (SSSR count). The van der Waals surface area contributed by atoms with Gasteiger partial charge in [0.15, 0.2) is 0 Å². The van der Waals surface area contributed by atoms with Gasteiger partial charge in [0.05, 0.1) is 34.6 Å². The zero-order chi connectivity index (χ0) is 23.7. The molecule has 0 spiro atoms. The molecule has 3 aromatic heterocycles. The SMILES string of the molecule is CC(C)c1c(C(=O)N2CCN(Cc3nc(-c4cccs4)no3)CC2)cnn1-c1cccc(Cl)c1. The van der Waals surface area contributed by atoms with Crippen molar-refractivity contribution in [3.8, 4) is 16.4 Å². The molecule has 10 heteroatoms. The first kappa shape index (κ1) is 22.8. The molecule has 176 valence electrons. The number of nitrogens with zero attached hydrogens (tertiary/aromatic N) is 6. The summed E-state index contributed by atoms with van der Waals surface area (Å²) < 4.78 is 7.25. The van der Waals surface area contributed by atoms with E-state index >= 15 is 0 Å². The standard InChI is InChI=1S/C24H25ClN6O2S/c1-16(2)22-19(14-26-31(22)18-6-3-5-17(25)13-18)24(32)30-10-8-29(9-11-30)15-21-27-23(28-33-21)20-7-4-12-34-20/h3-7,12-14,16H,8-11,15H2,1-2H3. The first-order chi connectivity index (χ1) is 16.5. The number of thiophene rings is 1. The van der Waals surface area contributed by atoms with Crippen LogP contribution >= 0.6 is 22.9 Å². The molecule has 0 N–H and O–H groups in total. The molecule has 1 aliphatic rings. The summed E-state index contributed by atoms with van der Waals surface area (Å²) in [6.07, 6.45) is 1.68. The molecule has 1 fully saturated rings. The first-order valence-electron chi connectivity index (χ1n) is 11.2. The molecular formula is C24H25ClN6O2S. The van der Waals surface area contributed by atoms with Gasteiger partial charge in [0.1, 0.15) is 0 Å². The van der Waals surface area contributed by atoms with Crippen LogP contribution in [0.4, 0.5) is 0 Å². The van der Waals surface area contributed by atoms with Gasteiger partial charge in [-0.15, -0.1) is 11.3 Å². The molecule has 1 aromatic carbocycles. The van der Waals surface area contributed by atoms with E-state index in [1.54, 1.807) is 17.5 Å². The van der Waals surface area contributed by atoms with Crippen LogP contribution in [0.5, 0.6) is 0 Å². The number of carbonyl (C=O) groups excluding carboxylic acids is 1. The number of carbonyl (C=O) groups is 1. The monoisotopic (exact) mass is 496 g/mol. The lowest BCUT2D eigenvalue weighted by Crippen LogP contribution is -2.48. The molecule has 1 amide bonds. The molecule has 0 bridgehead atoms. The van der Waals surface area contributed by atoms with E-state index in [4.69, 9.17) is 16.1 Å². The highest BCUT2D eigenvalue weighted by Gasteiger charge is 2.28. The van der Waals surface area contributed by atoms with Gasteiger partial charge in [-0.1, -0.05) is 42.7 Å². The summed E-state index contributed by atoms with van der Waals surface area (Å²) in [7, 11) is 0. The predicted molar refractivity (Wildman–Crippen MR) is 131 cm³/mol. The third-order valence-electron chi connectivity index (χ3n) is 5.86. The van der Waals surface area contributed by atoms with Gasteiger partial charge in [-0.25, -0.2) is 4.68 Å². The van der Waals surface area contributed by atoms with Gasteiger partial charge in [-0.3, -0.25) is 9.69 Å². The first-order valence-corrected chi connectivity index (χ1v) is 12.5. The Morgan fingerprint density at radius 3 is 2.71 bits per heavy atom. The molecule has 0 atom stereocenters. The molecule has 1 saturated heterocycles. The number of aromatic nitrogens is 4. The number of benzene rings is 1. The molecular weight excluding hydrogens is 472 g/mol. The molecule has 4 heterocycles. The molecule has 34 heavy (non-hydrogen) atoms. The number of hydrogen-bond acceptors (Lipinski definition) is 7. The van der Waals surface area contributed by atoms with Crippen molar-refractivity contribution in [2.24, 2.45) is 0 Å². The molecule has 0 unspecified atom stereocenters. The van der Waals surface area contributed by atoms with Crippen LogP contribution in [0.15, 0.2) is 52.5 Å². The maximum Gasteiger partial charge on any atom is 0.257 e. The third kappa shape index (κ3) is 4.64. The molecule has 1 aliphatic heterocycles. The van der Waals surface area contributed by atoms with Crippen molar-refractivity contribution in [2.45, 2.75) is 26.3 Å². The van der Waals surface area contributed by atoms with Gasteiger partial charge in [-0.05, 0) is 35.6 Å². The van der Waals surface area contributed by atoms with Crippen LogP contribution in [0.25, 0.3) is 16.4 Å². The quantitative estimate of drug-likeness (QED) is 0.384. The molecule has 0 saturated carbocycles. The Bertz CT molecular complexity index is 1270. The molecule has 0 radical (unpaired) electrons. The lowest BCUT2D eigenvalue weighted by molar-refractivity contribution is 0.0613. The van der Waals surface area contributed by atoms with Crippen molar-refractivity contribution in [3.05, 3.63) is 70.1 Å². The van der Waals surface area contributed by atoms with Crippen molar-refractivity contribution >= 4 is 28.8 Å². The highest BCUT2D eigenvalue weighted by Crippen LogP contribution is 2.26. The normalized spacial score (nSPS) is 14.8. The Morgan fingerprint density at radius 2 is 2.00 bits per heavy atom. The van der Waals surface area contributed by atoms with E-state index in [1.807, 2.05) is 51.4 Å². The fourth-order valence-corrected chi connectivity index (χ4v) is 5.02. The second-order valence-corrected chi connectivity index (χ2v) is 9.93. The summed E-state index contributed by atoms with van der Waals surface area (Å²) >= 11 is 7.77. The highest BCUT2D eigenvalue weighted by molar-refractivity contribution is 7.13. The number of hydrogen-bond donors (Lipinski definition) is 0. The van der Waals surface area contributed by atoms with E-state index in [1.165, 1.54) is 0 Å². The average molecular weight is 497 g/mol. The van der Waals surface area contributed by atoms with Crippen molar-refractivity contribution in [3.63, 3.8) is 0 Å². The van der Waals surface area contributed by atoms with Crippen LogP contribution in [0.1, 0.15) is 41.7 Å². The van der Waals surface area contributed by atoms with E-state index in [-0.39, 0.29) is 11.8 Å². The summed E-state index contributed by atoms with van der Waals surface area (Å²) in [5, 5.41) is 11.2. The van der Waals surface area contributed by atoms with Crippen LogP contribution < -0.4 is 0 Å². The second kappa shape index (κ2) is 9.69. The van der Waals surface area contributed by atoms with Crippen molar-refractivity contribution in [2.75, 3.05) is 26.2 Å². The lowest BCUT2D eigenvalue weighted by atomic mass is 10.0. The van der Waals surface area contributed by atoms with Crippen LogP contribution in [0, 0.1) is 0 Å². The topological polar surface area (TPSA) is 80.3 Å². The predicted octanol–water partition coefficient (Wildman–Crippen LogP) is 4.72. The highest BCUT2D eigenvalue weighted by atomic mass is 35.5. The average Bonchev–Trinajstić information content (AvgIpc) is 3.59. The zero-order valence-electron chi connectivity index (χ0n) is 19.0. The minimum atomic E-state index is 0.00870. The number of piperazine rings is 1. The van der Waals surface area contributed by atoms with E-state index in [2.05, 4.69) is 34.0 Å². The summed E-state index contributed by atoms with van der Waals surface area (Å²) in [5.74, 6) is 1.34. The largest absolute Gasteiger partial charge is 0.338 e. The number of rotatable bonds is 6. The Labute approximate surface area is 206 Å². The Kier molecular flexibility index (Phi) is 6.49. The minimum absolute atomic E-state index is 0.00870. The summed E-state index contributed by atoms with van der Waals surface area (Å²) in [6.45, 7) is 7.45. The molecule has 8 nitrogen and oxygen atoms in total. The Morgan fingerprint density at radius 1 is 1.18 bits per heavy atom. The van der Waals surface area contributed by atoms with Crippen LogP contribution in [-0.4, -0.2) is 61.8 Å². The maximum absolute atomic E-state index is 13.4. The van der Waals surface area contributed by atoms with Gasteiger partial charge in [0, 0.05) is 31.2 Å². The van der Waals surface area contributed by atoms with Gasteiger partial charge in [-0.2, -0.15) is 10.1 Å². The fourth-order valence-electron chi connectivity index (χ4n) is 4.19. The summed E-state index contributed by atoms with van der Waals surface area (Å²) in [5.41, 5.74) is 2.38. The third-order valence-corrected chi connectivity index (χ3v) is 6.97. The van der Waals surface area contributed by atoms with E-state index in [0.29, 0.717) is 41.9 Å². The van der Waals surface area contributed by atoms with Gasteiger partial charge in [0.25, 0.3) is 5.91 Å². The molecule has 4 aromatic rings. The second-order valence-electron chi connectivity index (χ2n) is 8.55. The summed E-state index contributed by atoms with van der Waals surface area (Å²) in [6, 6.07) is 11.5. The maximum atomic E-state index is 13.4. The van der Waals surface area contributed by atoms with E-state index in [0.717, 1.165) is 29.3 Å². The van der Waals surface area contributed by atoms with Crippen LogP contribution in [0.3, 0.4) is 0 Å². The van der Waals surface area contributed by atoms with Crippen molar-refractivity contribution in [1.29, 1.82) is 0 Å².